The number of rotatable bonds is 7. The quantitative estimate of drug-likeness (QED) is 0.334. The zero-order valence-electron chi connectivity index (χ0n) is 19.8. The van der Waals surface area contributed by atoms with Crippen molar-refractivity contribution < 1.29 is 18.6 Å². The molecule has 5 rings (SSSR count). The highest BCUT2D eigenvalue weighted by Crippen LogP contribution is 2.36. The Morgan fingerprint density at radius 2 is 1.89 bits per heavy atom. The van der Waals surface area contributed by atoms with E-state index in [9.17, 15) is 4.79 Å². The summed E-state index contributed by atoms with van der Waals surface area (Å²) in [5.41, 5.74) is 2.98. The molecule has 5 aromatic rings. The first kappa shape index (κ1) is 22.6. The summed E-state index contributed by atoms with van der Waals surface area (Å²) in [6.07, 6.45) is 6.89. The summed E-state index contributed by atoms with van der Waals surface area (Å²) in [5, 5.41) is 0.668. The van der Waals surface area contributed by atoms with Gasteiger partial charge in [-0.05, 0) is 12.1 Å². The van der Waals surface area contributed by atoms with Crippen LogP contribution in [0.4, 0.5) is 4.39 Å². The number of halogens is 1. The van der Waals surface area contributed by atoms with Crippen LogP contribution >= 0.6 is 0 Å². The molecule has 0 aliphatic carbocycles. The molecule has 0 atom stereocenters. The number of hydrogen-bond donors (Lipinski definition) is 0. The van der Waals surface area contributed by atoms with Gasteiger partial charge in [0.05, 0.1) is 42.7 Å². The SMILES string of the molecule is COCCOc1cnc(-n2c(=O)n(C)c3cnc4cc(OC)c(-c5ccn(C)c5)cc4c32)c(F)c1. The molecule has 0 amide bonds. The van der Waals surface area contributed by atoms with Crippen LogP contribution < -0.4 is 15.2 Å². The highest BCUT2D eigenvalue weighted by molar-refractivity contribution is 6.05. The summed E-state index contributed by atoms with van der Waals surface area (Å²) in [7, 11) is 6.70. The smallest absolute Gasteiger partial charge is 0.334 e. The van der Waals surface area contributed by atoms with E-state index in [1.165, 1.54) is 21.4 Å². The number of methoxy groups -OCH3 is 2. The second-order valence-electron chi connectivity index (χ2n) is 8.12. The van der Waals surface area contributed by atoms with Gasteiger partial charge in [0, 0.05) is 62.2 Å². The Kier molecular flexibility index (Phi) is 5.73. The third-order valence-electron chi connectivity index (χ3n) is 5.91. The van der Waals surface area contributed by atoms with Crippen LogP contribution in [0.3, 0.4) is 0 Å². The molecule has 0 saturated heterocycles. The van der Waals surface area contributed by atoms with Crippen LogP contribution in [0.15, 0.2) is 53.8 Å². The molecule has 4 heterocycles. The van der Waals surface area contributed by atoms with Gasteiger partial charge < -0.3 is 18.8 Å². The molecule has 0 aliphatic rings. The third kappa shape index (κ3) is 3.81. The molecule has 4 aromatic heterocycles. The Balaban J connectivity index is 1.77. The second kappa shape index (κ2) is 8.88. The number of fused-ring (bicyclic) bond motifs is 3. The molecule has 1 aromatic carbocycles. The van der Waals surface area contributed by atoms with Gasteiger partial charge in [-0.1, -0.05) is 0 Å². The number of imidazole rings is 1. The predicted molar refractivity (Wildman–Crippen MR) is 130 cm³/mol. The van der Waals surface area contributed by atoms with E-state index in [2.05, 4.69) is 9.97 Å². The van der Waals surface area contributed by atoms with Gasteiger partial charge in [0.1, 0.15) is 18.1 Å². The molecular weight excluding hydrogens is 453 g/mol. The van der Waals surface area contributed by atoms with Gasteiger partial charge in [-0.15, -0.1) is 0 Å². The summed E-state index contributed by atoms with van der Waals surface area (Å²) in [6, 6.07) is 6.91. The molecule has 0 fully saturated rings. The standard InChI is InChI=1S/C25H24FN5O4/c1-29-6-5-15(14-29)17-10-18-20(11-22(17)34-4)27-13-21-23(18)31(25(32)30(21)2)24-19(26)9-16(12-28-24)35-8-7-33-3/h5-6,9-14H,7-8H2,1-4H3. The fraction of sp³-hybridized carbons (Fsp3) is 0.240. The molecule has 35 heavy (non-hydrogen) atoms. The topological polar surface area (TPSA) is 85.3 Å². The Bertz CT molecular complexity index is 1620. The Labute approximate surface area is 199 Å². The number of ether oxygens (including phenoxy) is 3. The maximum Gasteiger partial charge on any atom is 0.334 e. The predicted octanol–water partition coefficient (Wildman–Crippen LogP) is 3.45. The van der Waals surface area contributed by atoms with Gasteiger partial charge in [-0.3, -0.25) is 9.55 Å². The van der Waals surface area contributed by atoms with Crippen LogP contribution in [0.5, 0.6) is 11.5 Å². The van der Waals surface area contributed by atoms with Crippen LogP contribution in [0, 0.1) is 5.82 Å². The van der Waals surface area contributed by atoms with E-state index in [4.69, 9.17) is 14.2 Å². The first-order chi connectivity index (χ1) is 16.9. The number of pyridine rings is 2. The monoisotopic (exact) mass is 477 g/mol. The van der Waals surface area contributed by atoms with Gasteiger partial charge >= 0.3 is 5.69 Å². The average Bonchev–Trinajstić information content (AvgIpc) is 3.40. The fourth-order valence-electron chi connectivity index (χ4n) is 4.18. The molecule has 0 saturated carbocycles. The molecule has 10 heteroatoms. The van der Waals surface area contributed by atoms with E-state index < -0.39 is 11.5 Å². The van der Waals surface area contributed by atoms with Crippen molar-refractivity contribution in [1.29, 1.82) is 0 Å². The van der Waals surface area contributed by atoms with Crippen LogP contribution in [-0.4, -0.2) is 51.1 Å². The third-order valence-corrected chi connectivity index (χ3v) is 5.91. The van der Waals surface area contributed by atoms with E-state index in [1.54, 1.807) is 27.5 Å². The van der Waals surface area contributed by atoms with Crippen LogP contribution in [-0.2, 0) is 18.8 Å². The van der Waals surface area contributed by atoms with E-state index in [1.807, 2.05) is 42.2 Å². The number of nitrogens with zero attached hydrogens (tertiary/aromatic N) is 5. The van der Waals surface area contributed by atoms with Crippen molar-refractivity contribution in [3.8, 4) is 28.4 Å². The minimum Gasteiger partial charge on any atom is -0.496 e. The summed E-state index contributed by atoms with van der Waals surface area (Å²) >= 11 is 0. The highest BCUT2D eigenvalue weighted by atomic mass is 19.1. The zero-order chi connectivity index (χ0) is 24.7. The fourth-order valence-corrected chi connectivity index (χ4v) is 4.18. The van der Waals surface area contributed by atoms with E-state index in [-0.39, 0.29) is 18.2 Å². The van der Waals surface area contributed by atoms with Gasteiger partial charge in [-0.2, -0.15) is 0 Å². The van der Waals surface area contributed by atoms with Gasteiger partial charge in [0.15, 0.2) is 11.6 Å². The van der Waals surface area contributed by atoms with Crippen molar-refractivity contribution in [2.45, 2.75) is 0 Å². The normalized spacial score (nSPS) is 11.5. The highest BCUT2D eigenvalue weighted by Gasteiger charge is 2.21. The molecule has 0 spiro atoms. The maximum atomic E-state index is 15.2. The van der Waals surface area contributed by atoms with Crippen molar-refractivity contribution >= 4 is 21.9 Å². The molecule has 9 nitrogen and oxygen atoms in total. The first-order valence-corrected chi connectivity index (χ1v) is 10.9. The molecular formula is C25H24FN5O4. The Hall–Kier alpha value is -4.18. The molecule has 0 bridgehead atoms. The second-order valence-corrected chi connectivity index (χ2v) is 8.12. The largest absolute Gasteiger partial charge is 0.496 e. The lowest BCUT2D eigenvalue weighted by molar-refractivity contribution is 0.146. The average molecular weight is 477 g/mol. The summed E-state index contributed by atoms with van der Waals surface area (Å²) in [4.78, 5) is 22.1. The molecule has 0 N–H and O–H groups in total. The van der Waals surface area contributed by atoms with Crippen molar-refractivity contribution in [2.24, 2.45) is 14.1 Å². The minimum absolute atomic E-state index is 0.121. The zero-order valence-corrected chi connectivity index (χ0v) is 19.8. The summed E-state index contributed by atoms with van der Waals surface area (Å²) < 4.78 is 35.9. The van der Waals surface area contributed by atoms with E-state index in [0.29, 0.717) is 34.3 Å². The van der Waals surface area contributed by atoms with Gasteiger partial charge in [0.2, 0.25) is 0 Å². The van der Waals surface area contributed by atoms with Crippen molar-refractivity contribution in [2.75, 3.05) is 27.4 Å². The molecule has 0 aliphatic heterocycles. The Morgan fingerprint density at radius 3 is 2.57 bits per heavy atom. The molecule has 0 unspecified atom stereocenters. The minimum atomic E-state index is -0.684. The van der Waals surface area contributed by atoms with Crippen LogP contribution in [0.25, 0.3) is 38.9 Å². The van der Waals surface area contributed by atoms with Crippen LogP contribution in [0.1, 0.15) is 0 Å². The molecule has 180 valence electrons. The van der Waals surface area contributed by atoms with Crippen molar-refractivity contribution in [3.63, 3.8) is 0 Å². The lowest BCUT2D eigenvalue weighted by Crippen LogP contribution is -2.22. The van der Waals surface area contributed by atoms with Crippen molar-refractivity contribution in [1.82, 2.24) is 23.7 Å². The number of hydrogen-bond acceptors (Lipinski definition) is 6. The van der Waals surface area contributed by atoms with Gasteiger partial charge in [-0.25, -0.2) is 18.7 Å². The lowest BCUT2D eigenvalue weighted by Gasteiger charge is -2.12. The van der Waals surface area contributed by atoms with E-state index >= 15 is 4.39 Å². The summed E-state index contributed by atoms with van der Waals surface area (Å²) in [5.74, 6) is 0.0852. The summed E-state index contributed by atoms with van der Waals surface area (Å²) in [6.45, 7) is 0.615. The Morgan fingerprint density at radius 1 is 1.06 bits per heavy atom. The van der Waals surface area contributed by atoms with Gasteiger partial charge in [0.25, 0.3) is 0 Å². The van der Waals surface area contributed by atoms with E-state index in [0.717, 1.165) is 11.1 Å². The number of aromatic nitrogens is 5. The molecule has 0 radical (unpaired) electrons. The lowest BCUT2D eigenvalue weighted by atomic mass is 10.0. The van der Waals surface area contributed by atoms with Crippen molar-refractivity contribution in [3.05, 3.63) is 65.4 Å². The first-order valence-electron chi connectivity index (χ1n) is 10.9. The van der Waals surface area contributed by atoms with Crippen LogP contribution in [0.2, 0.25) is 0 Å². The maximum absolute atomic E-state index is 15.2. The number of benzene rings is 1. The number of aryl methyl sites for hydroxylation is 2.